The molecule has 0 aromatic heterocycles. The van der Waals surface area contributed by atoms with Crippen molar-refractivity contribution in [3.63, 3.8) is 0 Å². The molecule has 2 N–H and O–H groups in total. The number of nitrogens with one attached hydrogen (secondary N) is 2. The van der Waals surface area contributed by atoms with Gasteiger partial charge in [-0.25, -0.2) is 4.79 Å². The smallest absolute Gasteiger partial charge is 0.317 e. The number of carbonyl (C=O) groups excluding carboxylic acids is 2. The summed E-state index contributed by atoms with van der Waals surface area (Å²) >= 11 is 0. The second kappa shape index (κ2) is 9.58. The fraction of sp³-hybridized carbons (Fsp3) is 0.900. The van der Waals surface area contributed by atoms with E-state index in [9.17, 15) is 9.59 Å². The van der Waals surface area contributed by atoms with Gasteiger partial charge in [0.25, 0.3) is 0 Å². The second-order valence-electron chi connectivity index (χ2n) is 8.38. The maximum atomic E-state index is 12.9. The van der Waals surface area contributed by atoms with Crippen molar-refractivity contribution in [1.29, 1.82) is 0 Å². The number of hydrogen-bond acceptors (Lipinski definition) is 3. The SMILES string of the molecule is CNCCC1CCN(C(=O)C2CCCN(C(=O)NC3CCCC3)C2)CC1. The van der Waals surface area contributed by atoms with Crippen LogP contribution in [0.4, 0.5) is 4.79 Å². The zero-order chi connectivity index (χ0) is 18.4. The van der Waals surface area contributed by atoms with Gasteiger partial charge in [-0.2, -0.15) is 0 Å². The highest BCUT2D eigenvalue weighted by molar-refractivity contribution is 5.81. The molecule has 1 unspecified atom stereocenters. The van der Waals surface area contributed by atoms with Gasteiger partial charge < -0.3 is 20.4 Å². The van der Waals surface area contributed by atoms with Crippen LogP contribution in [0.5, 0.6) is 0 Å². The number of piperidine rings is 2. The molecule has 3 aliphatic rings. The zero-order valence-corrected chi connectivity index (χ0v) is 16.3. The third-order valence-electron chi connectivity index (χ3n) is 6.47. The largest absolute Gasteiger partial charge is 0.342 e. The maximum Gasteiger partial charge on any atom is 0.317 e. The number of nitrogens with zero attached hydrogens (tertiary/aromatic N) is 2. The molecule has 26 heavy (non-hydrogen) atoms. The van der Waals surface area contributed by atoms with Crippen molar-refractivity contribution < 1.29 is 9.59 Å². The van der Waals surface area contributed by atoms with E-state index >= 15 is 0 Å². The zero-order valence-electron chi connectivity index (χ0n) is 16.3. The molecular formula is C20H36N4O2. The van der Waals surface area contributed by atoms with Crippen molar-refractivity contribution in [1.82, 2.24) is 20.4 Å². The summed E-state index contributed by atoms with van der Waals surface area (Å²) in [6, 6.07) is 0.385. The van der Waals surface area contributed by atoms with Gasteiger partial charge in [0.1, 0.15) is 0 Å². The van der Waals surface area contributed by atoms with E-state index in [2.05, 4.69) is 15.5 Å². The van der Waals surface area contributed by atoms with Crippen molar-refractivity contribution in [3.8, 4) is 0 Å². The lowest BCUT2D eigenvalue weighted by Crippen LogP contribution is -2.52. The number of urea groups is 1. The number of amides is 3. The summed E-state index contributed by atoms with van der Waals surface area (Å²) < 4.78 is 0. The van der Waals surface area contributed by atoms with Crippen molar-refractivity contribution in [3.05, 3.63) is 0 Å². The predicted octanol–water partition coefficient (Wildman–Crippen LogP) is 2.20. The van der Waals surface area contributed by atoms with Crippen LogP contribution in [0.3, 0.4) is 0 Å². The first-order valence-corrected chi connectivity index (χ1v) is 10.7. The molecule has 0 spiro atoms. The van der Waals surface area contributed by atoms with Crippen molar-refractivity contribution in [2.24, 2.45) is 11.8 Å². The molecule has 6 nitrogen and oxygen atoms in total. The highest BCUT2D eigenvalue weighted by atomic mass is 16.2. The number of hydrogen-bond donors (Lipinski definition) is 2. The molecule has 0 bridgehead atoms. The second-order valence-corrected chi connectivity index (χ2v) is 8.38. The molecule has 2 aliphatic heterocycles. The van der Waals surface area contributed by atoms with Crippen molar-refractivity contribution in [2.75, 3.05) is 39.8 Å². The van der Waals surface area contributed by atoms with Gasteiger partial charge in [0.2, 0.25) is 5.91 Å². The van der Waals surface area contributed by atoms with Crippen LogP contribution in [0, 0.1) is 11.8 Å². The van der Waals surface area contributed by atoms with Crippen LogP contribution in [-0.4, -0.2) is 67.6 Å². The van der Waals surface area contributed by atoms with E-state index in [1.54, 1.807) is 0 Å². The summed E-state index contributed by atoms with van der Waals surface area (Å²) in [5.41, 5.74) is 0. The monoisotopic (exact) mass is 364 g/mol. The molecule has 2 saturated heterocycles. The van der Waals surface area contributed by atoms with Crippen LogP contribution in [0.2, 0.25) is 0 Å². The Bertz CT molecular complexity index is 470. The summed E-state index contributed by atoms with van der Waals surface area (Å²) in [6.07, 6.45) is 9.94. The Kier molecular flexibility index (Phi) is 7.17. The third kappa shape index (κ3) is 5.12. The fourth-order valence-corrected chi connectivity index (χ4v) is 4.75. The van der Waals surface area contributed by atoms with E-state index in [4.69, 9.17) is 0 Å². The first kappa shape index (κ1) is 19.5. The third-order valence-corrected chi connectivity index (χ3v) is 6.47. The average molecular weight is 365 g/mol. The molecule has 1 aliphatic carbocycles. The Hall–Kier alpha value is -1.30. The minimum atomic E-state index is -0.00747. The van der Waals surface area contributed by atoms with Gasteiger partial charge in [0.15, 0.2) is 0 Å². The molecule has 0 aromatic carbocycles. The maximum absolute atomic E-state index is 12.9. The quantitative estimate of drug-likeness (QED) is 0.786. The van der Waals surface area contributed by atoms with Crippen molar-refractivity contribution >= 4 is 11.9 Å². The first-order chi connectivity index (χ1) is 12.7. The Morgan fingerprint density at radius 3 is 2.35 bits per heavy atom. The highest BCUT2D eigenvalue weighted by Gasteiger charge is 2.33. The minimum absolute atomic E-state index is 0.00747. The Morgan fingerprint density at radius 1 is 0.923 bits per heavy atom. The van der Waals surface area contributed by atoms with Gasteiger partial charge in [-0.1, -0.05) is 12.8 Å². The molecule has 6 heteroatoms. The van der Waals surface area contributed by atoms with Crippen LogP contribution < -0.4 is 10.6 Å². The molecule has 3 amide bonds. The Labute approximate surface area is 158 Å². The lowest BCUT2D eigenvalue weighted by atomic mass is 9.91. The van der Waals surface area contributed by atoms with Crippen LogP contribution in [0.1, 0.15) is 57.8 Å². The Morgan fingerprint density at radius 2 is 1.65 bits per heavy atom. The van der Waals surface area contributed by atoms with E-state index in [0.717, 1.165) is 70.6 Å². The first-order valence-electron chi connectivity index (χ1n) is 10.7. The van der Waals surface area contributed by atoms with Crippen LogP contribution >= 0.6 is 0 Å². The molecule has 3 fully saturated rings. The van der Waals surface area contributed by atoms with E-state index in [1.165, 1.54) is 19.3 Å². The van der Waals surface area contributed by atoms with Crippen LogP contribution in [-0.2, 0) is 4.79 Å². The lowest BCUT2D eigenvalue weighted by Gasteiger charge is -2.38. The molecule has 0 aromatic rings. The molecular weight excluding hydrogens is 328 g/mol. The Balaban J connectivity index is 1.45. The number of carbonyl (C=O) groups is 2. The predicted molar refractivity (Wildman–Crippen MR) is 103 cm³/mol. The average Bonchev–Trinajstić information content (AvgIpc) is 3.19. The van der Waals surface area contributed by atoms with E-state index in [1.807, 2.05) is 11.9 Å². The van der Waals surface area contributed by atoms with E-state index in [0.29, 0.717) is 12.6 Å². The van der Waals surface area contributed by atoms with Gasteiger partial charge in [-0.15, -0.1) is 0 Å². The number of rotatable bonds is 5. The lowest BCUT2D eigenvalue weighted by molar-refractivity contribution is -0.138. The van der Waals surface area contributed by atoms with Crippen LogP contribution in [0.15, 0.2) is 0 Å². The fourth-order valence-electron chi connectivity index (χ4n) is 4.75. The van der Waals surface area contributed by atoms with Gasteiger partial charge in [0.05, 0.1) is 5.92 Å². The molecule has 1 atom stereocenters. The summed E-state index contributed by atoms with van der Waals surface area (Å²) in [7, 11) is 2.00. The molecule has 0 radical (unpaired) electrons. The summed E-state index contributed by atoms with van der Waals surface area (Å²) in [6.45, 7) is 4.22. The molecule has 3 rings (SSSR count). The number of likely N-dealkylation sites (tertiary alicyclic amines) is 2. The van der Waals surface area contributed by atoms with Crippen molar-refractivity contribution in [2.45, 2.75) is 63.8 Å². The topological polar surface area (TPSA) is 64.7 Å². The van der Waals surface area contributed by atoms with Gasteiger partial charge in [-0.3, -0.25) is 4.79 Å². The van der Waals surface area contributed by atoms with Gasteiger partial charge in [0, 0.05) is 32.2 Å². The van der Waals surface area contributed by atoms with Gasteiger partial charge in [-0.05, 0) is 64.5 Å². The standard InChI is InChI=1S/C20H36N4O2/c1-21-11-8-16-9-13-23(14-10-16)19(25)17-5-4-12-24(15-17)20(26)22-18-6-2-3-7-18/h16-18,21H,2-15H2,1H3,(H,22,26). The molecule has 2 heterocycles. The molecule has 148 valence electrons. The molecule has 1 saturated carbocycles. The van der Waals surface area contributed by atoms with Gasteiger partial charge >= 0.3 is 6.03 Å². The normalized spacial score (nSPS) is 25.5. The van der Waals surface area contributed by atoms with E-state index in [-0.39, 0.29) is 17.9 Å². The summed E-state index contributed by atoms with van der Waals surface area (Å²) in [5.74, 6) is 1.01. The summed E-state index contributed by atoms with van der Waals surface area (Å²) in [5, 5.41) is 6.39. The van der Waals surface area contributed by atoms with E-state index < -0.39 is 0 Å². The highest BCUT2D eigenvalue weighted by Crippen LogP contribution is 2.25. The minimum Gasteiger partial charge on any atom is -0.342 e. The van der Waals surface area contributed by atoms with Crippen LogP contribution in [0.25, 0.3) is 0 Å². The summed E-state index contributed by atoms with van der Waals surface area (Å²) in [4.78, 5) is 29.4.